The first-order valence-corrected chi connectivity index (χ1v) is 14.2. The van der Waals surface area contributed by atoms with Gasteiger partial charge in [0.2, 0.25) is 0 Å². The summed E-state index contributed by atoms with van der Waals surface area (Å²) in [5, 5.41) is 5.21. The van der Waals surface area contributed by atoms with Crippen LogP contribution in [0.25, 0.3) is 69.9 Å². The Hall–Kier alpha value is -4.66. The van der Waals surface area contributed by atoms with Gasteiger partial charge in [0.25, 0.3) is 0 Å². The smallest absolute Gasteiger partial charge is 0.0541 e. The fourth-order valence-corrected chi connectivity index (χ4v) is 6.99. The molecule has 0 bridgehead atoms. The fourth-order valence-electron chi connectivity index (χ4n) is 5.91. The quantitative estimate of drug-likeness (QED) is 0.220. The number of hydrogen-bond acceptors (Lipinski definition) is 1. The SMILES string of the molecule is Cc1ccc(-c2cccc(-c3ccc4c(c3)c3ccccc3n4-c3ccc4sc5ccccc5c4c3)c2)cc1. The van der Waals surface area contributed by atoms with E-state index in [-0.39, 0.29) is 0 Å². The molecule has 8 rings (SSSR count). The number of hydrogen-bond donors (Lipinski definition) is 0. The Morgan fingerprint density at radius 2 is 1.10 bits per heavy atom. The molecule has 0 spiro atoms. The number of fused-ring (bicyclic) bond motifs is 6. The summed E-state index contributed by atoms with van der Waals surface area (Å²) in [7, 11) is 0. The van der Waals surface area contributed by atoms with Crippen molar-refractivity contribution in [2.45, 2.75) is 6.92 Å². The highest BCUT2D eigenvalue weighted by molar-refractivity contribution is 7.25. The van der Waals surface area contributed by atoms with Crippen LogP contribution in [0.2, 0.25) is 0 Å². The highest BCUT2D eigenvalue weighted by atomic mass is 32.1. The number of aromatic nitrogens is 1. The van der Waals surface area contributed by atoms with Crippen LogP contribution >= 0.6 is 11.3 Å². The van der Waals surface area contributed by atoms with E-state index < -0.39 is 0 Å². The Morgan fingerprint density at radius 1 is 0.436 bits per heavy atom. The first-order valence-electron chi connectivity index (χ1n) is 13.4. The van der Waals surface area contributed by atoms with Crippen LogP contribution in [0.1, 0.15) is 5.56 Å². The van der Waals surface area contributed by atoms with E-state index >= 15 is 0 Å². The lowest BCUT2D eigenvalue weighted by Crippen LogP contribution is -1.93. The molecule has 39 heavy (non-hydrogen) atoms. The Morgan fingerprint density at radius 3 is 1.97 bits per heavy atom. The number of nitrogens with zero attached hydrogens (tertiary/aromatic N) is 1. The average Bonchev–Trinajstić information content (AvgIpc) is 3.52. The van der Waals surface area contributed by atoms with Crippen molar-refractivity contribution in [1.29, 1.82) is 0 Å². The summed E-state index contributed by atoms with van der Waals surface area (Å²) in [6.45, 7) is 2.13. The molecule has 2 heteroatoms. The Kier molecular flexibility index (Phi) is 4.98. The molecule has 0 atom stereocenters. The summed E-state index contributed by atoms with van der Waals surface area (Å²) in [5.74, 6) is 0. The number of thiophene rings is 1. The fraction of sp³-hybridized carbons (Fsp3) is 0.0270. The largest absolute Gasteiger partial charge is 0.309 e. The molecule has 0 aliphatic rings. The second kappa shape index (κ2) is 8.69. The van der Waals surface area contributed by atoms with Crippen LogP contribution in [0.15, 0.2) is 133 Å². The number of aryl methyl sites for hydroxylation is 1. The third-order valence-electron chi connectivity index (χ3n) is 7.87. The van der Waals surface area contributed by atoms with Crippen LogP contribution in [-0.2, 0) is 0 Å². The van der Waals surface area contributed by atoms with E-state index in [9.17, 15) is 0 Å². The molecule has 0 aliphatic carbocycles. The van der Waals surface area contributed by atoms with E-state index in [1.165, 1.54) is 75.5 Å². The third kappa shape index (κ3) is 3.60. The first-order chi connectivity index (χ1) is 19.2. The van der Waals surface area contributed by atoms with Crippen molar-refractivity contribution >= 4 is 53.3 Å². The van der Waals surface area contributed by atoms with Crippen molar-refractivity contribution in [3.8, 4) is 27.9 Å². The zero-order chi connectivity index (χ0) is 25.9. The molecule has 1 nitrogen and oxygen atoms in total. The molecule has 6 aromatic carbocycles. The molecule has 184 valence electrons. The summed E-state index contributed by atoms with van der Waals surface area (Å²) >= 11 is 1.87. The van der Waals surface area contributed by atoms with Crippen LogP contribution in [0.3, 0.4) is 0 Å². The molecule has 0 N–H and O–H groups in total. The van der Waals surface area contributed by atoms with Crippen LogP contribution in [0, 0.1) is 6.92 Å². The van der Waals surface area contributed by atoms with Crippen LogP contribution in [-0.4, -0.2) is 4.57 Å². The second-order valence-electron chi connectivity index (χ2n) is 10.3. The van der Waals surface area contributed by atoms with Gasteiger partial charge < -0.3 is 4.57 Å². The molecule has 0 saturated heterocycles. The average molecular weight is 516 g/mol. The molecule has 0 unspecified atom stereocenters. The van der Waals surface area contributed by atoms with Gasteiger partial charge in [0, 0.05) is 36.6 Å². The highest BCUT2D eigenvalue weighted by Gasteiger charge is 2.15. The normalized spacial score (nSPS) is 11.7. The van der Waals surface area contributed by atoms with Crippen molar-refractivity contribution in [3.63, 3.8) is 0 Å². The molecule has 2 heterocycles. The summed E-state index contributed by atoms with van der Waals surface area (Å²) < 4.78 is 5.09. The molecule has 0 fully saturated rings. The zero-order valence-corrected chi connectivity index (χ0v) is 22.4. The number of benzene rings is 6. The second-order valence-corrected chi connectivity index (χ2v) is 11.4. The minimum atomic E-state index is 1.20. The minimum absolute atomic E-state index is 1.20. The van der Waals surface area contributed by atoms with Gasteiger partial charge in [0.1, 0.15) is 0 Å². The van der Waals surface area contributed by atoms with Gasteiger partial charge in [-0.15, -0.1) is 11.3 Å². The standard InChI is InChI=1S/C37H25NS/c1-24-13-15-25(16-14-24)26-7-6-8-27(21-26)28-17-19-35-32(22-28)30-9-2-4-11-34(30)38(35)29-18-20-37-33(23-29)31-10-3-5-12-36(31)39-37/h2-23H,1H3. The summed E-state index contributed by atoms with van der Waals surface area (Å²) in [4.78, 5) is 0. The van der Waals surface area contributed by atoms with Crippen molar-refractivity contribution in [1.82, 2.24) is 4.57 Å². The maximum atomic E-state index is 2.42. The minimum Gasteiger partial charge on any atom is -0.309 e. The molecule has 8 aromatic rings. The predicted octanol–water partition coefficient (Wildman–Crippen LogP) is 10.8. The number of rotatable bonds is 3. The molecule has 0 amide bonds. The van der Waals surface area contributed by atoms with Gasteiger partial charge in [-0.1, -0.05) is 90.5 Å². The monoisotopic (exact) mass is 515 g/mol. The summed E-state index contributed by atoms with van der Waals surface area (Å²) in [5.41, 5.74) is 9.90. The van der Waals surface area contributed by atoms with Gasteiger partial charge in [-0.3, -0.25) is 0 Å². The van der Waals surface area contributed by atoms with Crippen molar-refractivity contribution in [3.05, 3.63) is 139 Å². The molecule has 2 aromatic heterocycles. The Balaban J connectivity index is 1.31. The summed E-state index contributed by atoms with van der Waals surface area (Å²) in [6, 6.07) is 49.0. The van der Waals surface area contributed by atoms with Gasteiger partial charge in [-0.25, -0.2) is 0 Å². The van der Waals surface area contributed by atoms with Gasteiger partial charge in [0.05, 0.1) is 11.0 Å². The number of para-hydroxylation sites is 1. The van der Waals surface area contributed by atoms with E-state index in [0.717, 1.165) is 0 Å². The van der Waals surface area contributed by atoms with Crippen molar-refractivity contribution < 1.29 is 0 Å². The predicted molar refractivity (Wildman–Crippen MR) is 169 cm³/mol. The maximum absolute atomic E-state index is 2.42. The van der Waals surface area contributed by atoms with Gasteiger partial charge >= 0.3 is 0 Å². The molecular formula is C37H25NS. The van der Waals surface area contributed by atoms with Crippen LogP contribution < -0.4 is 0 Å². The Bertz CT molecular complexity index is 2180. The Labute approximate surface area is 231 Å². The zero-order valence-electron chi connectivity index (χ0n) is 21.6. The van der Waals surface area contributed by atoms with E-state index in [4.69, 9.17) is 0 Å². The molecule has 0 radical (unpaired) electrons. The van der Waals surface area contributed by atoms with E-state index in [0.29, 0.717) is 0 Å². The molecule has 0 aliphatic heterocycles. The summed E-state index contributed by atoms with van der Waals surface area (Å²) in [6.07, 6.45) is 0. The van der Waals surface area contributed by atoms with Gasteiger partial charge in [-0.05, 0) is 77.7 Å². The van der Waals surface area contributed by atoms with Crippen molar-refractivity contribution in [2.75, 3.05) is 0 Å². The van der Waals surface area contributed by atoms with Gasteiger partial charge in [0.15, 0.2) is 0 Å². The van der Waals surface area contributed by atoms with E-state index in [1.807, 2.05) is 11.3 Å². The highest BCUT2D eigenvalue weighted by Crippen LogP contribution is 2.39. The lowest BCUT2D eigenvalue weighted by molar-refractivity contribution is 1.19. The third-order valence-corrected chi connectivity index (χ3v) is 9.02. The first kappa shape index (κ1) is 22.3. The van der Waals surface area contributed by atoms with Gasteiger partial charge in [-0.2, -0.15) is 0 Å². The lowest BCUT2D eigenvalue weighted by atomic mass is 9.97. The molecular weight excluding hydrogens is 490 g/mol. The van der Waals surface area contributed by atoms with E-state index in [1.54, 1.807) is 0 Å². The lowest BCUT2D eigenvalue weighted by Gasteiger charge is -2.10. The van der Waals surface area contributed by atoms with Crippen molar-refractivity contribution in [2.24, 2.45) is 0 Å². The van der Waals surface area contributed by atoms with E-state index in [2.05, 4.69) is 145 Å². The topological polar surface area (TPSA) is 4.93 Å². The molecule has 0 saturated carbocycles. The maximum Gasteiger partial charge on any atom is 0.0541 e. The van der Waals surface area contributed by atoms with Crippen LogP contribution in [0.4, 0.5) is 0 Å². The van der Waals surface area contributed by atoms with Crippen LogP contribution in [0.5, 0.6) is 0 Å².